The van der Waals surface area contributed by atoms with Crippen LogP contribution in [0.5, 0.6) is 0 Å². The molecule has 0 spiro atoms. The first-order valence-corrected chi connectivity index (χ1v) is 13.1. The lowest BCUT2D eigenvalue weighted by Crippen LogP contribution is -2.59. The van der Waals surface area contributed by atoms with E-state index in [0.29, 0.717) is 31.7 Å². The number of Topliss-reactive ketones (excluding diaryl/α,β-unsaturated/α-hetero) is 1. The Bertz CT molecular complexity index is 828. The lowest BCUT2D eigenvalue weighted by atomic mass is 9.85. The second-order valence-corrected chi connectivity index (χ2v) is 12.3. The van der Waals surface area contributed by atoms with Crippen LogP contribution in [0.2, 0.25) is 0 Å². The Balaban J connectivity index is 2.59. The molecule has 0 aromatic heterocycles. The van der Waals surface area contributed by atoms with Gasteiger partial charge in [0.2, 0.25) is 17.6 Å². The minimum atomic E-state index is -1.04. The van der Waals surface area contributed by atoms with Crippen molar-refractivity contribution in [3.63, 3.8) is 0 Å². The van der Waals surface area contributed by atoms with Crippen molar-refractivity contribution in [2.24, 2.45) is 28.2 Å². The van der Waals surface area contributed by atoms with Crippen LogP contribution in [-0.4, -0.2) is 72.7 Å². The van der Waals surface area contributed by atoms with E-state index in [0.717, 1.165) is 12.8 Å². The zero-order valence-electron chi connectivity index (χ0n) is 23.6. The van der Waals surface area contributed by atoms with E-state index in [1.807, 2.05) is 41.5 Å². The van der Waals surface area contributed by atoms with Crippen LogP contribution >= 0.6 is 0 Å². The Kier molecular flexibility index (Phi) is 12.0. The molecule has 0 heterocycles. The van der Waals surface area contributed by atoms with Crippen molar-refractivity contribution in [2.45, 2.75) is 98.2 Å². The van der Waals surface area contributed by atoms with E-state index in [1.165, 1.54) is 0 Å². The van der Waals surface area contributed by atoms with Gasteiger partial charge in [-0.3, -0.25) is 19.2 Å². The van der Waals surface area contributed by atoms with Gasteiger partial charge in [-0.25, -0.2) is 4.79 Å². The molecule has 1 fully saturated rings. The molecule has 37 heavy (non-hydrogen) atoms. The van der Waals surface area contributed by atoms with E-state index in [9.17, 15) is 24.0 Å². The Morgan fingerprint density at radius 2 is 1.51 bits per heavy atom. The van der Waals surface area contributed by atoms with Crippen LogP contribution in [0.4, 0.5) is 4.79 Å². The molecule has 1 rings (SSSR count). The Morgan fingerprint density at radius 3 is 1.97 bits per heavy atom. The average Bonchev–Trinajstić information content (AvgIpc) is 3.59. The number of amides is 5. The van der Waals surface area contributed by atoms with Crippen molar-refractivity contribution in [1.29, 1.82) is 0 Å². The second kappa shape index (κ2) is 13.7. The molecule has 3 unspecified atom stereocenters. The highest BCUT2D eigenvalue weighted by atomic mass is 16.2. The zero-order chi connectivity index (χ0) is 28.6. The molecule has 1 saturated carbocycles. The third-order valence-electron chi connectivity index (χ3n) is 6.66. The first kappa shape index (κ1) is 32.3. The summed E-state index contributed by atoms with van der Waals surface area (Å²) in [7, 11) is 1.66. The number of nitrogens with zero attached hydrogens (tertiary/aromatic N) is 1. The number of unbranched alkanes of at least 4 members (excludes halogenated alkanes) is 1. The van der Waals surface area contributed by atoms with Crippen LogP contribution < -0.4 is 27.4 Å². The summed E-state index contributed by atoms with van der Waals surface area (Å²) in [4.78, 5) is 63.1. The van der Waals surface area contributed by atoms with Gasteiger partial charge < -0.3 is 32.3 Å². The van der Waals surface area contributed by atoms with Gasteiger partial charge in [0.05, 0.1) is 6.04 Å². The standard InChI is InChI=1S/C26H48N6O5/c1-25(2,3)18(15-27)30-24(37)31-21(26(4,5)6)23(36)32(7)13-9-8-10-19(33)29-17(14-16-11-12-16)20(34)22(28)35/h16-18,21H,8-15,27H2,1-7H3,(H2,28,35)(H,29,33)(H2,30,31,37). The van der Waals surface area contributed by atoms with Crippen LogP contribution in [0.3, 0.4) is 0 Å². The molecule has 1 aliphatic rings. The lowest BCUT2D eigenvalue weighted by Gasteiger charge is -2.35. The van der Waals surface area contributed by atoms with E-state index in [-0.39, 0.29) is 36.2 Å². The number of rotatable bonds is 14. The first-order valence-electron chi connectivity index (χ1n) is 13.1. The molecule has 0 radical (unpaired) electrons. The number of nitrogens with two attached hydrogens (primary N) is 2. The summed E-state index contributed by atoms with van der Waals surface area (Å²) in [5, 5.41) is 8.32. The summed E-state index contributed by atoms with van der Waals surface area (Å²) in [5.41, 5.74) is 10.2. The third kappa shape index (κ3) is 11.5. The molecule has 7 N–H and O–H groups in total. The van der Waals surface area contributed by atoms with Crippen molar-refractivity contribution in [3.05, 3.63) is 0 Å². The highest BCUT2D eigenvalue weighted by Crippen LogP contribution is 2.33. The minimum Gasteiger partial charge on any atom is -0.363 e. The van der Waals surface area contributed by atoms with Crippen molar-refractivity contribution >= 4 is 29.5 Å². The van der Waals surface area contributed by atoms with Gasteiger partial charge in [0.1, 0.15) is 6.04 Å². The Labute approximate surface area is 221 Å². The van der Waals surface area contributed by atoms with Crippen LogP contribution in [0.25, 0.3) is 0 Å². The normalized spacial score (nSPS) is 16.2. The summed E-state index contributed by atoms with van der Waals surface area (Å²) < 4.78 is 0. The summed E-state index contributed by atoms with van der Waals surface area (Å²) in [5.74, 6) is -2.03. The van der Waals surface area contributed by atoms with Gasteiger partial charge >= 0.3 is 6.03 Å². The Morgan fingerprint density at radius 1 is 0.919 bits per heavy atom. The molecular weight excluding hydrogens is 476 g/mol. The summed E-state index contributed by atoms with van der Waals surface area (Å²) >= 11 is 0. The number of hydrogen-bond acceptors (Lipinski definition) is 6. The number of carbonyl (C=O) groups is 5. The van der Waals surface area contributed by atoms with E-state index >= 15 is 0 Å². The maximum atomic E-state index is 13.2. The number of primary amides is 1. The molecule has 0 aliphatic heterocycles. The molecular formula is C26H48N6O5. The number of nitrogens with one attached hydrogen (secondary N) is 3. The third-order valence-corrected chi connectivity index (χ3v) is 6.66. The van der Waals surface area contributed by atoms with Crippen LogP contribution in [0, 0.1) is 16.7 Å². The number of likely N-dealkylation sites (N-methyl/N-ethyl adjacent to an activating group) is 1. The molecule has 0 aromatic rings. The monoisotopic (exact) mass is 524 g/mol. The van der Waals surface area contributed by atoms with E-state index in [1.54, 1.807) is 11.9 Å². The first-order chi connectivity index (χ1) is 17.0. The average molecular weight is 525 g/mol. The van der Waals surface area contributed by atoms with Crippen molar-refractivity contribution in [3.8, 4) is 0 Å². The summed E-state index contributed by atoms with van der Waals surface area (Å²) in [6.45, 7) is 12.2. The smallest absolute Gasteiger partial charge is 0.315 e. The molecule has 5 amide bonds. The fourth-order valence-electron chi connectivity index (χ4n) is 3.93. The van der Waals surface area contributed by atoms with Crippen LogP contribution in [-0.2, 0) is 19.2 Å². The molecule has 11 nitrogen and oxygen atoms in total. The maximum absolute atomic E-state index is 13.2. The van der Waals surface area contributed by atoms with Gasteiger partial charge in [-0.15, -0.1) is 0 Å². The van der Waals surface area contributed by atoms with Gasteiger partial charge in [0, 0.05) is 32.6 Å². The second-order valence-electron chi connectivity index (χ2n) is 12.3. The number of hydrogen-bond donors (Lipinski definition) is 5. The van der Waals surface area contributed by atoms with Crippen LogP contribution in [0.15, 0.2) is 0 Å². The Hall–Kier alpha value is -2.69. The number of urea groups is 1. The highest BCUT2D eigenvalue weighted by Gasteiger charge is 2.36. The minimum absolute atomic E-state index is 0.159. The predicted molar refractivity (Wildman–Crippen MR) is 142 cm³/mol. The van der Waals surface area contributed by atoms with Crippen molar-refractivity contribution < 1.29 is 24.0 Å². The number of carbonyl (C=O) groups excluding carboxylic acids is 5. The van der Waals surface area contributed by atoms with E-state index in [2.05, 4.69) is 16.0 Å². The highest BCUT2D eigenvalue weighted by molar-refractivity contribution is 6.37. The SMILES string of the molecule is CN(CCCCC(=O)NC(CC1CC1)C(=O)C(N)=O)C(=O)C(NC(=O)NC(CN)C(C)(C)C)C(C)(C)C. The fourth-order valence-corrected chi connectivity index (χ4v) is 3.93. The molecule has 0 bridgehead atoms. The lowest BCUT2D eigenvalue weighted by molar-refractivity contribution is -0.138. The van der Waals surface area contributed by atoms with Gasteiger partial charge in [-0.05, 0) is 36.0 Å². The summed E-state index contributed by atoms with van der Waals surface area (Å²) in [6.07, 6.45) is 3.59. The largest absolute Gasteiger partial charge is 0.363 e. The van der Waals surface area contributed by atoms with Gasteiger partial charge in [-0.1, -0.05) is 54.4 Å². The molecule has 0 saturated heterocycles. The zero-order valence-corrected chi connectivity index (χ0v) is 23.6. The topological polar surface area (TPSA) is 177 Å². The van der Waals surface area contributed by atoms with Crippen LogP contribution in [0.1, 0.15) is 80.1 Å². The molecule has 11 heteroatoms. The molecule has 0 aromatic carbocycles. The quantitative estimate of drug-likeness (QED) is 0.167. The molecule has 1 aliphatic carbocycles. The van der Waals surface area contributed by atoms with E-state index < -0.39 is 35.2 Å². The van der Waals surface area contributed by atoms with E-state index in [4.69, 9.17) is 11.5 Å². The fraction of sp³-hybridized carbons (Fsp3) is 0.808. The van der Waals surface area contributed by atoms with Gasteiger partial charge in [-0.2, -0.15) is 0 Å². The van der Waals surface area contributed by atoms with Gasteiger partial charge in [0.15, 0.2) is 0 Å². The predicted octanol–water partition coefficient (Wildman–Crippen LogP) is 1.04. The summed E-state index contributed by atoms with van der Waals surface area (Å²) in [6, 6.07) is -2.34. The van der Waals surface area contributed by atoms with Crippen molar-refractivity contribution in [1.82, 2.24) is 20.9 Å². The maximum Gasteiger partial charge on any atom is 0.315 e. The van der Waals surface area contributed by atoms with Gasteiger partial charge in [0.25, 0.3) is 5.91 Å². The number of ketones is 1. The molecule has 212 valence electrons. The molecule has 3 atom stereocenters. The van der Waals surface area contributed by atoms with Crippen molar-refractivity contribution in [2.75, 3.05) is 20.1 Å².